The number of ether oxygens (including phenoxy) is 2. The number of esters is 2. The molecule has 5 nitrogen and oxygen atoms in total. The molecule has 0 heterocycles. The summed E-state index contributed by atoms with van der Waals surface area (Å²) < 4.78 is 10.6. The van der Waals surface area contributed by atoms with Crippen LogP contribution in [0.4, 0.5) is 0 Å². The molecule has 0 unspecified atom stereocenters. The quantitative estimate of drug-likeness (QED) is 0.0447. The van der Waals surface area contributed by atoms with E-state index in [2.05, 4.69) is 26.0 Å². The fraction of sp³-hybridized carbons (Fsp3) is 0.895. The Kier molecular flexibility index (Phi) is 34.0. The number of aliphatic hydroxyl groups excluding tert-OH is 1. The van der Waals surface area contributed by atoms with Crippen LogP contribution in [-0.2, 0) is 19.1 Å². The molecule has 0 aliphatic carbocycles. The smallest absolute Gasteiger partial charge is 0.306 e. The molecule has 0 fully saturated rings. The Balaban J connectivity index is 3.54. The lowest BCUT2D eigenvalue weighted by atomic mass is 10.0. The van der Waals surface area contributed by atoms with Crippen molar-refractivity contribution in [2.24, 2.45) is 0 Å². The van der Waals surface area contributed by atoms with E-state index >= 15 is 0 Å². The van der Waals surface area contributed by atoms with E-state index in [0.29, 0.717) is 12.8 Å². The van der Waals surface area contributed by atoms with Crippen LogP contribution in [0.15, 0.2) is 12.2 Å². The largest absolute Gasteiger partial charge is 0.462 e. The van der Waals surface area contributed by atoms with Crippen molar-refractivity contribution in [1.29, 1.82) is 0 Å². The van der Waals surface area contributed by atoms with E-state index in [4.69, 9.17) is 9.47 Å². The van der Waals surface area contributed by atoms with Gasteiger partial charge in [0.1, 0.15) is 6.61 Å². The van der Waals surface area contributed by atoms with E-state index in [-0.39, 0.29) is 25.2 Å². The summed E-state index contributed by atoms with van der Waals surface area (Å²) in [4.78, 5) is 24.2. The van der Waals surface area contributed by atoms with Gasteiger partial charge in [-0.25, -0.2) is 0 Å². The van der Waals surface area contributed by atoms with Crippen molar-refractivity contribution in [3.63, 3.8) is 0 Å². The predicted molar refractivity (Wildman–Crippen MR) is 182 cm³/mol. The van der Waals surface area contributed by atoms with Gasteiger partial charge in [-0.3, -0.25) is 9.59 Å². The van der Waals surface area contributed by atoms with Gasteiger partial charge in [-0.1, -0.05) is 161 Å². The lowest BCUT2D eigenvalue weighted by molar-refractivity contribution is -0.161. The maximum absolute atomic E-state index is 12.1. The summed E-state index contributed by atoms with van der Waals surface area (Å²) in [6.07, 6.45) is 38.3. The van der Waals surface area contributed by atoms with Crippen molar-refractivity contribution in [3.8, 4) is 0 Å². The topological polar surface area (TPSA) is 72.8 Å². The molecular formula is C38H72O5. The van der Waals surface area contributed by atoms with Crippen molar-refractivity contribution in [3.05, 3.63) is 12.2 Å². The molecule has 0 saturated heterocycles. The highest BCUT2D eigenvalue weighted by Gasteiger charge is 2.16. The molecule has 0 aromatic rings. The standard InChI is InChI=1S/C38H72O5/c1-3-5-7-9-11-13-15-17-19-21-23-25-27-29-31-33-38(41)43-36(34-39)35-42-37(40)32-30-28-26-24-22-20-18-16-14-12-10-8-6-4-2/h16,18,36,39H,3-15,17,19-35H2,1-2H3/b18-16+/t36-/m0/s1. The van der Waals surface area contributed by atoms with Gasteiger partial charge in [-0.2, -0.15) is 0 Å². The minimum atomic E-state index is -0.766. The third-order valence-corrected chi connectivity index (χ3v) is 8.31. The van der Waals surface area contributed by atoms with E-state index in [9.17, 15) is 14.7 Å². The van der Waals surface area contributed by atoms with Crippen LogP contribution in [0, 0.1) is 0 Å². The Morgan fingerprint density at radius 1 is 0.512 bits per heavy atom. The van der Waals surface area contributed by atoms with Gasteiger partial charge in [0.2, 0.25) is 0 Å². The van der Waals surface area contributed by atoms with Crippen LogP contribution in [-0.4, -0.2) is 36.4 Å². The summed E-state index contributed by atoms with van der Waals surface area (Å²) >= 11 is 0. The van der Waals surface area contributed by atoms with E-state index in [1.165, 1.54) is 128 Å². The first-order valence-corrected chi connectivity index (χ1v) is 18.7. The number of rotatable bonds is 34. The maximum atomic E-state index is 12.1. The van der Waals surface area contributed by atoms with Gasteiger partial charge in [0, 0.05) is 12.8 Å². The van der Waals surface area contributed by atoms with Crippen LogP contribution in [0.2, 0.25) is 0 Å². The molecule has 0 aromatic heterocycles. The highest BCUT2D eigenvalue weighted by atomic mass is 16.6. The second-order valence-corrected chi connectivity index (χ2v) is 12.7. The zero-order valence-corrected chi connectivity index (χ0v) is 28.7. The Labute approximate surface area is 267 Å². The highest BCUT2D eigenvalue weighted by Crippen LogP contribution is 2.14. The van der Waals surface area contributed by atoms with Crippen molar-refractivity contribution in [1.82, 2.24) is 0 Å². The average molecular weight is 609 g/mol. The fourth-order valence-corrected chi connectivity index (χ4v) is 5.43. The molecule has 0 aliphatic heterocycles. The van der Waals surface area contributed by atoms with E-state index in [0.717, 1.165) is 44.9 Å². The van der Waals surface area contributed by atoms with Gasteiger partial charge in [0.05, 0.1) is 6.61 Å². The Morgan fingerprint density at radius 3 is 1.26 bits per heavy atom. The van der Waals surface area contributed by atoms with E-state index in [1.54, 1.807) is 0 Å². The number of hydrogen-bond acceptors (Lipinski definition) is 5. The van der Waals surface area contributed by atoms with E-state index in [1.807, 2.05) is 0 Å². The van der Waals surface area contributed by atoms with Gasteiger partial charge < -0.3 is 14.6 Å². The summed E-state index contributed by atoms with van der Waals surface area (Å²) in [5.74, 6) is -0.592. The van der Waals surface area contributed by atoms with Gasteiger partial charge >= 0.3 is 11.9 Å². The van der Waals surface area contributed by atoms with Gasteiger partial charge in [-0.15, -0.1) is 0 Å². The third-order valence-electron chi connectivity index (χ3n) is 8.31. The Morgan fingerprint density at radius 2 is 0.860 bits per heavy atom. The predicted octanol–water partition coefficient (Wildman–Crippen LogP) is 11.3. The van der Waals surface area contributed by atoms with Gasteiger partial charge in [0.25, 0.3) is 0 Å². The Hall–Kier alpha value is -1.36. The monoisotopic (exact) mass is 609 g/mol. The number of allylic oxidation sites excluding steroid dienone is 2. The lowest BCUT2D eigenvalue weighted by Crippen LogP contribution is -2.28. The molecule has 0 spiro atoms. The summed E-state index contributed by atoms with van der Waals surface area (Å²) in [7, 11) is 0. The molecule has 0 amide bonds. The molecule has 43 heavy (non-hydrogen) atoms. The number of carbonyl (C=O) groups excluding carboxylic acids is 2. The first kappa shape index (κ1) is 41.6. The van der Waals surface area contributed by atoms with Crippen molar-refractivity contribution < 1.29 is 24.2 Å². The van der Waals surface area contributed by atoms with E-state index < -0.39 is 6.10 Å². The lowest BCUT2D eigenvalue weighted by Gasteiger charge is -2.15. The minimum Gasteiger partial charge on any atom is -0.462 e. The average Bonchev–Trinajstić information content (AvgIpc) is 3.01. The molecule has 0 rings (SSSR count). The van der Waals surface area contributed by atoms with Crippen molar-refractivity contribution >= 4 is 11.9 Å². The first-order chi connectivity index (χ1) is 21.1. The van der Waals surface area contributed by atoms with Crippen LogP contribution >= 0.6 is 0 Å². The van der Waals surface area contributed by atoms with Crippen LogP contribution in [0.3, 0.4) is 0 Å². The zero-order chi connectivity index (χ0) is 31.5. The van der Waals surface area contributed by atoms with Crippen LogP contribution in [0.5, 0.6) is 0 Å². The number of carbonyl (C=O) groups is 2. The number of aliphatic hydroxyl groups is 1. The highest BCUT2D eigenvalue weighted by molar-refractivity contribution is 5.70. The molecule has 1 N–H and O–H groups in total. The summed E-state index contributed by atoms with van der Waals surface area (Å²) in [5.41, 5.74) is 0. The fourth-order valence-electron chi connectivity index (χ4n) is 5.43. The minimum absolute atomic E-state index is 0.0646. The second kappa shape index (κ2) is 35.1. The molecule has 5 heteroatoms. The summed E-state index contributed by atoms with van der Waals surface area (Å²) in [6, 6.07) is 0. The molecule has 0 radical (unpaired) electrons. The Bertz CT molecular complexity index is 617. The number of hydrogen-bond donors (Lipinski definition) is 1. The maximum Gasteiger partial charge on any atom is 0.306 e. The first-order valence-electron chi connectivity index (χ1n) is 18.7. The normalized spacial score (nSPS) is 12.2. The van der Waals surface area contributed by atoms with Crippen molar-refractivity contribution in [2.75, 3.05) is 13.2 Å². The molecule has 0 aliphatic rings. The number of unbranched alkanes of at least 4 members (excludes halogenated alkanes) is 24. The summed E-state index contributed by atoms with van der Waals surface area (Å²) in [5, 5.41) is 9.53. The molecule has 254 valence electrons. The molecule has 0 saturated carbocycles. The van der Waals surface area contributed by atoms with Gasteiger partial charge in [0.15, 0.2) is 6.10 Å². The summed E-state index contributed by atoms with van der Waals surface area (Å²) in [6.45, 7) is 4.13. The zero-order valence-electron chi connectivity index (χ0n) is 28.7. The third kappa shape index (κ3) is 33.4. The van der Waals surface area contributed by atoms with Crippen LogP contribution in [0.25, 0.3) is 0 Å². The molecule has 1 atom stereocenters. The van der Waals surface area contributed by atoms with Crippen LogP contribution < -0.4 is 0 Å². The van der Waals surface area contributed by atoms with Crippen LogP contribution in [0.1, 0.15) is 200 Å². The SMILES string of the molecule is CCCCCCC/C=C/CCCCCCCC(=O)OC[C@H](CO)OC(=O)CCCCCCCCCCCCCCCCC. The second-order valence-electron chi connectivity index (χ2n) is 12.7. The molecular weight excluding hydrogens is 536 g/mol. The van der Waals surface area contributed by atoms with Crippen molar-refractivity contribution in [2.45, 2.75) is 206 Å². The van der Waals surface area contributed by atoms with Gasteiger partial charge in [-0.05, 0) is 38.5 Å². The molecule has 0 bridgehead atoms. The molecule has 0 aromatic carbocycles.